The van der Waals surface area contributed by atoms with Gasteiger partial charge in [-0.25, -0.2) is 0 Å². The first-order valence-corrected chi connectivity index (χ1v) is 6.20. The number of rotatable bonds is 3. The van der Waals surface area contributed by atoms with Crippen LogP contribution in [0.25, 0.3) is 0 Å². The normalized spacial score (nSPS) is 12.7. The largest absolute Gasteiger partial charge is 0.363 e. The molecule has 96 valence electrons. The molecule has 0 spiro atoms. The minimum Gasteiger partial charge on any atom is -0.281 e. The van der Waals surface area contributed by atoms with Crippen molar-refractivity contribution in [1.82, 2.24) is 9.97 Å². The lowest BCUT2D eigenvalue weighted by Crippen LogP contribution is -2.15. The highest BCUT2D eigenvalue weighted by molar-refractivity contribution is 7.86. The van der Waals surface area contributed by atoms with Gasteiger partial charge in [-0.05, 0) is 4.53 Å². The zero-order valence-electron chi connectivity index (χ0n) is 7.33. The van der Waals surface area contributed by atoms with Gasteiger partial charge in [-0.3, -0.25) is 4.55 Å². The standard InChI is InChI=1S/C4HF3N2O6S2/c5-1-2(6)8-4(17(13,14)15-7)9-3(1)16(10,11)12/h(H,10,11,12). The Labute approximate surface area is 91.8 Å². The molecule has 1 N–H and O–H groups in total. The van der Waals surface area contributed by atoms with Gasteiger partial charge in [0.05, 0.1) is 0 Å². The van der Waals surface area contributed by atoms with E-state index in [1.54, 1.807) is 0 Å². The average molecular weight is 294 g/mol. The van der Waals surface area contributed by atoms with Crippen LogP contribution in [0.2, 0.25) is 0 Å². The van der Waals surface area contributed by atoms with E-state index in [0.717, 1.165) is 0 Å². The van der Waals surface area contributed by atoms with Gasteiger partial charge in [0.15, 0.2) is 0 Å². The van der Waals surface area contributed by atoms with E-state index in [4.69, 9.17) is 4.55 Å². The Kier molecular flexibility index (Phi) is 3.37. The van der Waals surface area contributed by atoms with E-state index in [0.29, 0.717) is 0 Å². The van der Waals surface area contributed by atoms with Crippen LogP contribution in [0.4, 0.5) is 13.3 Å². The van der Waals surface area contributed by atoms with Gasteiger partial charge in [-0.2, -0.15) is 35.6 Å². The van der Waals surface area contributed by atoms with Gasteiger partial charge in [0.1, 0.15) is 0 Å². The predicted octanol–water partition coefficient (Wildman–Crippen LogP) is -0.409. The van der Waals surface area contributed by atoms with Crippen molar-refractivity contribution >= 4 is 20.2 Å². The summed E-state index contributed by atoms with van der Waals surface area (Å²) in [5.74, 6) is -4.44. The highest BCUT2D eigenvalue weighted by Gasteiger charge is 2.30. The summed E-state index contributed by atoms with van der Waals surface area (Å²) in [7, 11) is -10.6. The van der Waals surface area contributed by atoms with Crippen LogP contribution in [0, 0.1) is 11.8 Å². The zero-order chi connectivity index (χ0) is 13.4. The fourth-order valence-corrected chi connectivity index (χ4v) is 1.71. The van der Waals surface area contributed by atoms with Crippen molar-refractivity contribution in [2.45, 2.75) is 10.2 Å². The molecule has 0 atom stereocenters. The molecule has 0 saturated carbocycles. The smallest absolute Gasteiger partial charge is 0.281 e. The molecule has 0 fully saturated rings. The van der Waals surface area contributed by atoms with Crippen LogP contribution in [0.15, 0.2) is 10.2 Å². The molecule has 0 radical (unpaired) electrons. The third-order valence-corrected chi connectivity index (χ3v) is 2.87. The molecule has 1 heterocycles. The summed E-state index contributed by atoms with van der Waals surface area (Å²) < 4.78 is 90.1. The minimum atomic E-state index is -5.36. The molecule has 0 bridgehead atoms. The number of aromatic nitrogens is 2. The van der Waals surface area contributed by atoms with Gasteiger partial charge in [0.25, 0.3) is 11.1 Å². The highest BCUT2D eigenvalue weighted by Crippen LogP contribution is 2.17. The first-order chi connectivity index (χ1) is 7.59. The van der Waals surface area contributed by atoms with Crippen molar-refractivity contribution in [3.05, 3.63) is 11.8 Å². The van der Waals surface area contributed by atoms with E-state index in [1.165, 1.54) is 0 Å². The summed E-state index contributed by atoms with van der Waals surface area (Å²) in [6.07, 6.45) is 0. The van der Waals surface area contributed by atoms with E-state index < -0.39 is 42.2 Å². The molecule has 0 unspecified atom stereocenters. The molecular formula is C4HF3N2O6S2. The van der Waals surface area contributed by atoms with Crippen molar-refractivity contribution in [3.8, 4) is 0 Å². The minimum absolute atomic E-state index is 1.80. The van der Waals surface area contributed by atoms with E-state index in [2.05, 4.69) is 14.4 Å². The Morgan fingerprint density at radius 3 is 2.06 bits per heavy atom. The molecule has 0 aliphatic rings. The second-order valence-electron chi connectivity index (χ2n) is 2.41. The Hall–Kier alpha value is -1.31. The van der Waals surface area contributed by atoms with Gasteiger partial charge >= 0.3 is 20.2 Å². The van der Waals surface area contributed by atoms with E-state index in [1.807, 2.05) is 0 Å². The Morgan fingerprint density at radius 2 is 1.65 bits per heavy atom. The average Bonchev–Trinajstić information content (AvgIpc) is 2.19. The number of hydrogen-bond donors (Lipinski definition) is 1. The van der Waals surface area contributed by atoms with Crippen molar-refractivity contribution in [1.29, 1.82) is 0 Å². The topological polar surface area (TPSA) is 124 Å². The summed E-state index contributed by atoms with van der Waals surface area (Å²) in [6, 6.07) is 0. The molecular weight excluding hydrogens is 293 g/mol. The van der Waals surface area contributed by atoms with Crippen LogP contribution in [0.3, 0.4) is 0 Å². The first kappa shape index (κ1) is 13.8. The highest BCUT2D eigenvalue weighted by atomic mass is 32.2. The molecule has 17 heavy (non-hydrogen) atoms. The molecule has 13 heteroatoms. The van der Waals surface area contributed by atoms with Crippen molar-refractivity contribution < 1.29 is 39.1 Å². The molecule has 0 aromatic carbocycles. The van der Waals surface area contributed by atoms with Crippen molar-refractivity contribution in [3.63, 3.8) is 0 Å². The number of hydrogen-bond acceptors (Lipinski definition) is 7. The maximum absolute atomic E-state index is 12.8. The van der Waals surface area contributed by atoms with Gasteiger partial charge in [-0.15, -0.1) is 0 Å². The SMILES string of the molecule is O=S(=O)(O)c1nc(S(=O)(=O)OF)nc(F)c1F. The molecule has 0 aliphatic carbocycles. The van der Waals surface area contributed by atoms with Crippen molar-refractivity contribution in [2.24, 2.45) is 0 Å². The maximum atomic E-state index is 12.8. The molecule has 1 aromatic rings. The van der Waals surface area contributed by atoms with E-state index in [9.17, 15) is 30.1 Å². The lowest BCUT2D eigenvalue weighted by molar-refractivity contribution is 0.00172. The monoisotopic (exact) mass is 294 g/mol. The summed E-state index contributed by atoms with van der Waals surface area (Å²) >= 11 is 0. The molecule has 8 nitrogen and oxygen atoms in total. The van der Waals surface area contributed by atoms with Gasteiger partial charge in [0, 0.05) is 0 Å². The Balaban J connectivity index is 3.68. The van der Waals surface area contributed by atoms with Crippen LogP contribution < -0.4 is 0 Å². The molecule has 0 saturated heterocycles. The molecule has 1 rings (SSSR count). The van der Waals surface area contributed by atoms with Gasteiger partial charge in [0.2, 0.25) is 10.8 Å². The molecule has 1 aromatic heterocycles. The van der Waals surface area contributed by atoms with E-state index in [-0.39, 0.29) is 0 Å². The van der Waals surface area contributed by atoms with Crippen LogP contribution in [-0.4, -0.2) is 31.4 Å². The molecule has 0 amide bonds. The predicted molar refractivity (Wildman–Crippen MR) is 41.1 cm³/mol. The van der Waals surface area contributed by atoms with Crippen LogP contribution in [-0.2, 0) is 24.6 Å². The Bertz CT molecular complexity index is 656. The molecule has 0 aliphatic heterocycles. The van der Waals surface area contributed by atoms with Gasteiger partial charge in [-0.1, -0.05) is 4.39 Å². The fraction of sp³-hybridized carbons (Fsp3) is 0. The fourth-order valence-electron chi connectivity index (χ4n) is 0.693. The second kappa shape index (κ2) is 4.17. The maximum Gasteiger partial charge on any atom is 0.363 e. The number of halogens is 3. The Morgan fingerprint density at radius 1 is 1.12 bits per heavy atom. The number of nitrogens with zero attached hydrogens (tertiary/aromatic N) is 2. The second-order valence-corrected chi connectivity index (χ2v) is 5.14. The lowest BCUT2D eigenvalue weighted by atomic mass is 10.6. The summed E-state index contributed by atoms with van der Waals surface area (Å²) in [5.41, 5.74) is 0. The summed E-state index contributed by atoms with van der Waals surface area (Å²) in [6.45, 7) is 0. The lowest BCUT2D eigenvalue weighted by Gasteiger charge is -2.01. The summed E-state index contributed by atoms with van der Waals surface area (Å²) in [4.78, 5) is 4.74. The zero-order valence-corrected chi connectivity index (χ0v) is 8.97. The van der Waals surface area contributed by atoms with Crippen LogP contribution in [0.5, 0.6) is 0 Å². The third kappa shape index (κ3) is 2.68. The van der Waals surface area contributed by atoms with Gasteiger partial charge < -0.3 is 0 Å². The third-order valence-electron chi connectivity index (χ3n) is 1.31. The van der Waals surface area contributed by atoms with Crippen LogP contribution >= 0.6 is 0 Å². The van der Waals surface area contributed by atoms with Crippen molar-refractivity contribution in [2.75, 3.05) is 0 Å². The summed E-state index contributed by atoms with van der Waals surface area (Å²) in [5, 5.41) is -3.76. The first-order valence-electron chi connectivity index (χ1n) is 3.35. The van der Waals surface area contributed by atoms with E-state index >= 15 is 0 Å². The van der Waals surface area contributed by atoms with Crippen LogP contribution in [0.1, 0.15) is 0 Å². The quantitative estimate of drug-likeness (QED) is 0.453.